The van der Waals surface area contributed by atoms with Gasteiger partial charge in [-0.05, 0) is 25.7 Å². The van der Waals surface area contributed by atoms with Gasteiger partial charge in [-0.3, -0.25) is 4.79 Å². The summed E-state index contributed by atoms with van der Waals surface area (Å²) in [5, 5.41) is 11.6. The molecule has 0 aliphatic heterocycles. The Balaban J connectivity index is 1.99. The Morgan fingerprint density at radius 3 is 2.53 bits per heavy atom. The molecule has 0 atom stereocenters. The molecule has 2 fully saturated rings. The van der Waals surface area contributed by atoms with E-state index in [9.17, 15) is 4.79 Å². The van der Waals surface area contributed by atoms with Gasteiger partial charge >= 0.3 is 0 Å². The fourth-order valence-corrected chi connectivity index (χ4v) is 3.01. The molecule has 0 spiro atoms. The summed E-state index contributed by atoms with van der Waals surface area (Å²) in [5.74, 6) is 0.479. The Hall–Kier alpha value is -1.26. The summed E-state index contributed by atoms with van der Waals surface area (Å²) in [7, 11) is 0. The van der Waals surface area contributed by atoms with Crippen LogP contribution in [-0.4, -0.2) is 34.4 Å². The number of amidine groups is 1. The van der Waals surface area contributed by atoms with Crippen molar-refractivity contribution < 1.29 is 10.0 Å². The lowest BCUT2D eigenvalue weighted by Crippen LogP contribution is -2.45. The summed E-state index contributed by atoms with van der Waals surface area (Å²) >= 11 is 0. The van der Waals surface area contributed by atoms with E-state index in [2.05, 4.69) is 12.1 Å². The Kier molecular flexibility index (Phi) is 4.32. The van der Waals surface area contributed by atoms with E-state index >= 15 is 0 Å². The first-order chi connectivity index (χ1) is 9.07. The molecule has 1 amide bonds. The highest BCUT2D eigenvalue weighted by molar-refractivity contribution is 5.84. The zero-order valence-corrected chi connectivity index (χ0v) is 11.8. The highest BCUT2D eigenvalue weighted by Gasteiger charge is 2.42. The van der Waals surface area contributed by atoms with Crippen molar-refractivity contribution in [2.45, 2.75) is 64.3 Å². The third kappa shape index (κ3) is 3.39. The molecule has 108 valence electrons. The highest BCUT2D eigenvalue weighted by atomic mass is 16.4. The zero-order chi connectivity index (χ0) is 13.9. The predicted octanol–water partition coefficient (Wildman–Crippen LogP) is 2.08. The molecule has 0 bridgehead atoms. The SMILES string of the molecule is CC1(C(=O)N(CCC(N)=NO)C2CC2)CCCCC1. The van der Waals surface area contributed by atoms with E-state index in [0.717, 1.165) is 38.5 Å². The van der Waals surface area contributed by atoms with Crippen LogP contribution in [-0.2, 0) is 4.79 Å². The lowest BCUT2D eigenvalue weighted by atomic mass is 9.74. The second-order valence-corrected chi connectivity index (χ2v) is 6.19. The van der Waals surface area contributed by atoms with Crippen LogP contribution in [0.15, 0.2) is 5.16 Å². The first kappa shape index (κ1) is 14.2. The number of amides is 1. The van der Waals surface area contributed by atoms with Crippen molar-refractivity contribution in [3.05, 3.63) is 0 Å². The van der Waals surface area contributed by atoms with Crippen LogP contribution < -0.4 is 5.73 Å². The molecule has 2 rings (SSSR count). The van der Waals surface area contributed by atoms with Crippen molar-refractivity contribution in [1.29, 1.82) is 0 Å². The largest absolute Gasteiger partial charge is 0.409 e. The summed E-state index contributed by atoms with van der Waals surface area (Å²) in [5.41, 5.74) is 5.33. The van der Waals surface area contributed by atoms with Gasteiger partial charge in [0.1, 0.15) is 5.84 Å². The average molecular weight is 267 g/mol. The van der Waals surface area contributed by atoms with E-state index in [4.69, 9.17) is 10.9 Å². The minimum Gasteiger partial charge on any atom is -0.409 e. The van der Waals surface area contributed by atoms with E-state index in [1.54, 1.807) is 0 Å². The molecule has 2 aliphatic carbocycles. The fraction of sp³-hybridized carbons (Fsp3) is 0.857. The Bertz CT molecular complexity index is 358. The van der Waals surface area contributed by atoms with Gasteiger partial charge in [0, 0.05) is 24.4 Å². The topological polar surface area (TPSA) is 78.9 Å². The van der Waals surface area contributed by atoms with Crippen LogP contribution in [0.3, 0.4) is 0 Å². The molecule has 5 heteroatoms. The first-order valence-corrected chi connectivity index (χ1v) is 7.34. The summed E-state index contributed by atoms with van der Waals surface area (Å²) in [6.07, 6.45) is 8.19. The van der Waals surface area contributed by atoms with Gasteiger partial charge in [0.25, 0.3) is 0 Å². The summed E-state index contributed by atoms with van der Waals surface area (Å²) in [6, 6.07) is 0.387. The van der Waals surface area contributed by atoms with Crippen LogP contribution in [0.2, 0.25) is 0 Å². The lowest BCUT2D eigenvalue weighted by molar-refractivity contribution is -0.143. The molecule has 2 aliphatic rings. The maximum Gasteiger partial charge on any atom is 0.228 e. The number of oxime groups is 1. The third-order valence-corrected chi connectivity index (χ3v) is 4.46. The van der Waals surface area contributed by atoms with E-state index in [1.165, 1.54) is 6.42 Å². The molecule has 0 radical (unpaired) electrons. The van der Waals surface area contributed by atoms with Crippen LogP contribution in [0, 0.1) is 5.41 Å². The van der Waals surface area contributed by atoms with Crippen LogP contribution in [0.25, 0.3) is 0 Å². The lowest BCUT2D eigenvalue weighted by Gasteiger charge is -2.37. The van der Waals surface area contributed by atoms with Gasteiger partial charge in [-0.1, -0.05) is 31.3 Å². The summed E-state index contributed by atoms with van der Waals surface area (Å²) in [4.78, 5) is 14.8. The normalized spacial score (nSPS) is 23.1. The standard InChI is InChI=1S/C14H25N3O2/c1-14(8-3-2-4-9-14)13(18)17(11-5-6-11)10-7-12(15)16-19/h11,19H,2-10H2,1H3,(H2,15,16). The fourth-order valence-electron chi connectivity index (χ4n) is 3.01. The molecule has 3 N–H and O–H groups in total. The first-order valence-electron chi connectivity index (χ1n) is 7.34. The van der Waals surface area contributed by atoms with E-state index in [1.807, 2.05) is 4.90 Å². The van der Waals surface area contributed by atoms with Crippen molar-refractivity contribution in [2.24, 2.45) is 16.3 Å². The Morgan fingerprint density at radius 2 is 2.00 bits per heavy atom. The average Bonchev–Trinajstić information content (AvgIpc) is 3.24. The maximum absolute atomic E-state index is 12.8. The molecule has 5 nitrogen and oxygen atoms in total. The van der Waals surface area contributed by atoms with Crippen molar-refractivity contribution in [2.75, 3.05) is 6.54 Å². The van der Waals surface area contributed by atoms with Gasteiger partial charge in [0.15, 0.2) is 0 Å². The minimum atomic E-state index is -0.189. The van der Waals surface area contributed by atoms with Gasteiger partial charge in [0.05, 0.1) is 0 Å². The van der Waals surface area contributed by atoms with Gasteiger partial charge < -0.3 is 15.8 Å². The number of rotatable bonds is 5. The van der Waals surface area contributed by atoms with Crippen LogP contribution >= 0.6 is 0 Å². The molecule has 2 saturated carbocycles. The maximum atomic E-state index is 12.8. The van der Waals surface area contributed by atoms with Crippen molar-refractivity contribution in [3.8, 4) is 0 Å². The number of carbonyl (C=O) groups excluding carboxylic acids is 1. The molecule has 0 aromatic carbocycles. The van der Waals surface area contributed by atoms with Gasteiger partial charge in [0.2, 0.25) is 5.91 Å². The van der Waals surface area contributed by atoms with Crippen LogP contribution in [0.4, 0.5) is 0 Å². The van der Waals surface area contributed by atoms with Crippen LogP contribution in [0.5, 0.6) is 0 Å². The second kappa shape index (κ2) is 5.80. The van der Waals surface area contributed by atoms with E-state index in [0.29, 0.717) is 19.0 Å². The quantitative estimate of drug-likeness (QED) is 0.346. The van der Waals surface area contributed by atoms with E-state index < -0.39 is 0 Å². The second-order valence-electron chi connectivity index (χ2n) is 6.19. The molecular formula is C14H25N3O2. The monoisotopic (exact) mass is 267 g/mol. The number of nitrogens with two attached hydrogens (primary N) is 1. The van der Waals surface area contributed by atoms with Gasteiger partial charge in [-0.2, -0.15) is 0 Å². The van der Waals surface area contributed by atoms with Crippen LogP contribution in [0.1, 0.15) is 58.3 Å². The van der Waals surface area contributed by atoms with E-state index in [-0.39, 0.29) is 17.2 Å². The molecule has 19 heavy (non-hydrogen) atoms. The molecule has 0 unspecified atom stereocenters. The van der Waals surface area contributed by atoms with Gasteiger partial charge in [-0.15, -0.1) is 0 Å². The number of carbonyl (C=O) groups is 1. The number of nitrogens with zero attached hydrogens (tertiary/aromatic N) is 2. The third-order valence-electron chi connectivity index (χ3n) is 4.46. The number of hydrogen-bond acceptors (Lipinski definition) is 3. The smallest absolute Gasteiger partial charge is 0.228 e. The summed E-state index contributed by atoms with van der Waals surface area (Å²) in [6.45, 7) is 2.68. The number of hydrogen-bond donors (Lipinski definition) is 2. The summed E-state index contributed by atoms with van der Waals surface area (Å²) < 4.78 is 0. The zero-order valence-electron chi connectivity index (χ0n) is 11.8. The molecule has 0 saturated heterocycles. The minimum absolute atomic E-state index is 0.189. The highest BCUT2D eigenvalue weighted by Crippen LogP contribution is 2.40. The Labute approximate surface area is 114 Å². The van der Waals surface area contributed by atoms with Gasteiger partial charge in [-0.25, -0.2) is 0 Å². The predicted molar refractivity (Wildman–Crippen MR) is 74.0 cm³/mol. The molecular weight excluding hydrogens is 242 g/mol. The Morgan fingerprint density at radius 1 is 1.37 bits per heavy atom. The molecule has 0 heterocycles. The van der Waals surface area contributed by atoms with Crippen molar-refractivity contribution >= 4 is 11.7 Å². The molecule has 0 aromatic rings. The van der Waals surface area contributed by atoms with Crippen molar-refractivity contribution in [3.63, 3.8) is 0 Å². The molecule has 0 aromatic heterocycles. The van der Waals surface area contributed by atoms with Crippen molar-refractivity contribution in [1.82, 2.24) is 4.90 Å².